The van der Waals surface area contributed by atoms with Gasteiger partial charge in [0.25, 0.3) is 5.91 Å². The van der Waals surface area contributed by atoms with Crippen molar-refractivity contribution in [3.63, 3.8) is 0 Å². The molecule has 4 nitrogen and oxygen atoms in total. The highest BCUT2D eigenvalue weighted by molar-refractivity contribution is 14.1. The molecule has 1 amide bonds. The number of hydrogen-bond acceptors (Lipinski definition) is 2. The molecule has 0 aliphatic rings. The van der Waals surface area contributed by atoms with Gasteiger partial charge in [-0.1, -0.05) is 18.2 Å². The van der Waals surface area contributed by atoms with E-state index in [0.29, 0.717) is 12.1 Å². The second kappa shape index (κ2) is 7.82. The quantitative estimate of drug-likeness (QED) is 0.603. The van der Waals surface area contributed by atoms with Crippen molar-refractivity contribution in [2.45, 2.75) is 20.3 Å². The van der Waals surface area contributed by atoms with E-state index in [2.05, 4.69) is 63.3 Å². The number of aromatic nitrogens is 2. The molecule has 0 aliphatic heterocycles. The Morgan fingerprint density at radius 2 is 1.88 bits per heavy atom. The van der Waals surface area contributed by atoms with Gasteiger partial charge in [0.1, 0.15) is 0 Å². The van der Waals surface area contributed by atoms with E-state index in [9.17, 15) is 4.79 Å². The lowest BCUT2D eigenvalue weighted by Gasteiger charge is -2.08. The molecule has 2 aromatic carbocycles. The van der Waals surface area contributed by atoms with Crippen LogP contribution in [0.15, 0.2) is 54.6 Å². The number of carbonyl (C=O) groups excluding carboxylic acids is 1. The number of nitrogens with zero attached hydrogens (tertiary/aromatic N) is 2. The summed E-state index contributed by atoms with van der Waals surface area (Å²) in [6.07, 6.45) is 0.799. The first-order valence-corrected chi connectivity index (χ1v) is 9.27. The maximum absolute atomic E-state index is 12.1. The van der Waals surface area contributed by atoms with Crippen molar-refractivity contribution >= 4 is 28.5 Å². The van der Waals surface area contributed by atoms with Crippen LogP contribution in [0.2, 0.25) is 0 Å². The highest BCUT2D eigenvalue weighted by Crippen LogP contribution is 2.13. The van der Waals surface area contributed by atoms with Gasteiger partial charge in [0, 0.05) is 21.4 Å². The minimum Gasteiger partial charge on any atom is -0.352 e. The molecule has 0 fully saturated rings. The van der Waals surface area contributed by atoms with Crippen molar-refractivity contribution < 1.29 is 4.79 Å². The maximum atomic E-state index is 12.1. The Hall–Kier alpha value is -2.15. The lowest BCUT2D eigenvalue weighted by atomic mass is 10.1. The molecule has 0 bridgehead atoms. The van der Waals surface area contributed by atoms with Crippen LogP contribution in [0.5, 0.6) is 0 Å². The first-order chi connectivity index (χ1) is 12.0. The molecule has 1 N–H and O–H groups in total. The maximum Gasteiger partial charge on any atom is 0.251 e. The number of halogens is 1. The van der Waals surface area contributed by atoms with Crippen LogP contribution in [-0.4, -0.2) is 22.2 Å². The first kappa shape index (κ1) is 17.7. The number of benzene rings is 2. The summed E-state index contributed by atoms with van der Waals surface area (Å²) in [6.45, 7) is 4.66. The first-order valence-electron chi connectivity index (χ1n) is 8.19. The van der Waals surface area contributed by atoms with Crippen molar-refractivity contribution in [2.75, 3.05) is 6.54 Å². The van der Waals surface area contributed by atoms with Crippen LogP contribution < -0.4 is 5.32 Å². The predicted molar refractivity (Wildman–Crippen MR) is 108 cm³/mol. The van der Waals surface area contributed by atoms with Gasteiger partial charge >= 0.3 is 0 Å². The summed E-state index contributed by atoms with van der Waals surface area (Å²) in [4.78, 5) is 12.1. The third kappa shape index (κ3) is 4.48. The van der Waals surface area contributed by atoms with Crippen LogP contribution in [0.4, 0.5) is 0 Å². The van der Waals surface area contributed by atoms with Gasteiger partial charge in [-0.3, -0.25) is 4.79 Å². The van der Waals surface area contributed by atoms with E-state index < -0.39 is 0 Å². The van der Waals surface area contributed by atoms with Gasteiger partial charge in [-0.2, -0.15) is 5.10 Å². The Morgan fingerprint density at radius 3 is 2.52 bits per heavy atom. The SMILES string of the molecule is Cc1cc(C)n(-c2ccc(CCNC(=O)c3cccc(I)c3)cc2)n1. The van der Waals surface area contributed by atoms with Crippen LogP contribution in [0.25, 0.3) is 5.69 Å². The zero-order valence-corrected chi connectivity index (χ0v) is 16.4. The fourth-order valence-corrected chi connectivity index (χ4v) is 3.29. The highest BCUT2D eigenvalue weighted by atomic mass is 127. The van der Waals surface area contributed by atoms with E-state index in [0.717, 1.165) is 27.1 Å². The van der Waals surface area contributed by atoms with E-state index in [-0.39, 0.29) is 5.91 Å². The predicted octanol–water partition coefficient (Wildman–Crippen LogP) is 4.07. The molecule has 0 spiro atoms. The van der Waals surface area contributed by atoms with E-state index in [1.54, 1.807) is 0 Å². The van der Waals surface area contributed by atoms with Crippen LogP contribution in [0.3, 0.4) is 0 Å². The van der Waals surface area contributed by atoms with Gasteiger partial charge in [-0.05, 0) is 84.8 Å². The van der Waals surface area contributed by atoms with Crippen molar-refractivity contribution in [1.82, 2.24) is 15.1 Å². The number of amides is 1. The summed E-state index contributed by atoms with van der Waals surface area (Å²) in [7, 11) is 0. The molecule has 3 aromatic rings. The molecule has 25 heavy (non-hydrogen) atoms. The third-order valence-electron chi connectivity index (χ3n) is 3.98. The normalized spacial score (nSPS) is 10.7. The van der Waals surface area contributed by atoms with Gasteiger partial charge in [0.2, 0.25) is 0 Å². The summed E-state index contributed by atoms with van der Waals surface area (Å²) in [5.41, 5.74) is 5.08. The fraction of sp³-hybridized carbons (Fsp3) is 0.200. The molecular weight excluding hydrogens is 425 g/mol. The highest BCUT2D eigenvalue weighted by Gasteiger charge is 2.06. The molecule has 0 saturated heterocycles. The van der Waals surface area contributed by atoms with Crippen LogP contribution in [-0.2, 0) is 6.42 Å². The molecule has 0 aliphatic carbocycles. The van der Waals surface area contributed by atoms with E-state index in [1.807, 2.05) is 42.8 Å². The van der Waals surface area contributed by atoms with Crippen molar-refractivity contribution in [2.24, 2.45) is 0 Å². The monoisotopic (exact) mass is 445 g/mol. The van der Waals surface area contributed by atoms with Gasteiger partial charge in [-0.25, -0.2) is 4.68 Å². The number of aryl methyl sites for hydroxylation is 2. The Balaban J connectivity index is 1.57. The molecular formula is C20H20IN3O. The van der Waals surface area contributed by atoms with Gasteiger partial charge in [0.05, 0.1) is 11.4 Å². The number of hydrogen-bond donors (Lipinski definition) is 1. The number of nitrogens with one attached hydrogen (secondary N) is 1. The summed E-state index contributed by atoms with van der Waals surface area (Å²) in [5.74, 6) is -0.0298. The average Bonchev–Trinajstić information content (AvgIpc) is 2.94. The molecule has 0 radical (unpaired) electrons. The number of rotatable bonds is 5. The summed E-state index contributed by atoms with van der Waals surface area (Å²) in [5, 5.41) is 7.47. The second-order valence-electron chi connectivity index (χ2n) is 6.02. The Morgan fingerprint density at radius 1 is 1.12 bits per heavy atom. The minimum atomic E-state index is -0.0298. The van der Waals surface area contributed by atoms with Crippen molar-refractivity contribution in [3.8, 4) is 5.69 Å². The summed E-state index contributed by atoms with van der Waals surface area (Å²) < 4.78 is 3.00. The fourth-order valence-electron chi connectivity index (χ4n) is 2.75. The average molecular weight is 445 g/mol. The molecule has 5 heteroatoms. The lowest BCUT2D eigenvalue weighted by Crippen LogP contribution is -2.25. The molecule has 0 saturated carbocycles. The van der Waals surface area contributed by atoms with E-state index in [1.165, 1.54) is 5.56 Å². The zero-order chi connectivity index (χ0) is 17.8. The van der Waals surface area contributed by atoms with Crippen LogP contribution in [0.1, 0.15) is 27.3 Å². The Bertz CT molecular complexity index is 884. The smallest absolute Gasteiger partial charge is 0.251 e. The summed E-state index contributed by atoms with van der Waals surface area (Å²) >= 11 is 2.21. The van der Waals surface area contributed by atoms with Crippen molar-refractivity contribution in [1.29, 1.82) is 0 Å². The van der Waals surface area contributed by atoms with Crippen molar-refractivity contribution in [3.05, 3.63) is 80.7 Å². The van der Waals surface area contributed by atoms with Gasteiger partial charge < -0.3 is 5.32 Å². The van der Waals surface area contributed by atoms with Crippen LogP contribution >= 0.6 is 22.6 Å². The largest absolute Gasteiger partial charge is 0.352 e. The second-order valence-corrected chi connectivity index (χ2v) is 7.27. The summed E-state index contributed by atoms with van der Waals surface area (Å²) in [6, 6.07) is 18.0. The lowest BCUT2D eigenvalue weighted by molar-refractivity contribution is 0.0954. The Kier molecular flexibility index (Phi) is 5.53. The molecule has 1 aromatic heterocycles. The standard InChI is InChI=1S/C20H20IN3O/c1-14-12-15(2)24(23-14)19-8-6-16(7-9-19)10-11-22-20(25)17-4-3-5-18(21)13-17/h3-9,12-13H,10-11H2,1-2H3,(H,22,25). The van der Waals surface area contributed by atoms with Gasteiger partial charge in [-0.15, -0.1) is 0 Å². The van der Waals surface area contributed by atoms with Gasteiger partial charge in [0.15, 0.2) is 0 Å². The van der Waals surface area contributed by atoms with E-state index in [4.69, 9.17) is 0 Å². The third-order valence-corrected chi connectivity index (χ3v) is 4.65. The topological polar surface area (TPSA) is 46.9 Å². The number of carbonyl (C=O) groups is 1. The van der Waals surface area contributed by atoms with Crippen LogP contribution in [0, 0.1) is 17.4 Å². The van der Waals surface area contributed by atoms with E-state index >= 15 is 0 Å². The molecule has 1 heterocycles. The molecule has 3 rings (SSSR count). The minimum absolute atomic E-state index is 0.0298. The molecule has 0 unspecified atom stereocenters. The zero-order valence-electron chi connectivity index (χ0n) is 14.3. The Labute approximate surface area is 161 Å². The molecule has 0 atom stereocenters. The molecule has 128 valence electrons.